The molecule has 1 heterocycles. The molecule has 0 radical (unpaired) electrons. The van der Waals surface area contributed by atoms with E-state index in [0.717, 1.165) is 25.7 Å². The first-order valence-corrected chi connectivity index (χ1v) is 6.64. The summed E-state index contributed by atoms with van der Waals surface area (Å²) >= 11 is 0. The molecule has 96 valence electrons. The van der Waals surface area contributed by atoms with E-state index in [0.29, 0.717) is 5.41 Å². The lowest BCUT2D eigenvalue weighted by atomic mass is 9.73. The quantitative estimate of drug-likeness (QED) is 0.796. The van der Waals surface area contributed by atoms with Crippen LogP contribution in [0.1, 0.15) is 53.9 Å². The van der Waals surface area contributed by atoms with Gasteiger partial charge in [0.2, 0.25) is 0 Å². The van der Waals surface area contributed by atoms with E-state index in [9.17, 15) is 0 Å². The summed E-state index contributed by atoms with van der Waals surface area (Å²) in [4.78, 5) is 0. The fourth-order valence-electron chi connectivity index (χ4n) is 2.32. The van der Waals surface area contributed by atoms with Crippen LogP contribution in [-0.4, -0.2) is 25.3 Å². The molecule has 1 aliphatic rings. The lowest BCUT2D eigenvalue weighted by Crippen LogP contribution is -2.40. The maximum Gasteiger partial charge on any atom is 0.0499 e. The third kappa shape index (κ3) is 4.84. The summed E-state index contributed by atoms with van der Waals surface area (Å²) in [6.45, 7) is 14.5. The Balaban J connectivity index is 2.32. The number of rotatable bonds is 4. The van der Waals surface area contributed by atoms with Crippen LogP contribution < -0.4 is 5.32 Å². The molecule has 16 heavy (non-hydrogen) atoms. The van der Waals surface area contributed by atoms with Gasteiger partial charge in [-0.15, -0.1) is 0 Å². The summed E-state index contributed by atoms with van der Waals surface area (Å²) in [5.74, 6) is 0.739. The van der Waals surface area contributed by atoms with Crippen molar-refractivity contribution in [3.8, 4) is 0 Å². The second-order valence-electron chi connectivity index (χ2n) is 6.83. The highest BCUT2D eigenvalue weighted by atomic mass is 16.5. The summed E-state index contributed by atoms with van der Waals surface area (Å²) in [7, 11) is 0. The molecule has 2 heteroatoms. The Morgan fingerprint density at radius 1 is 1.19 bits per heavy atom. The average Bonchev–Trinajstić information content (AvgIpc) is 2.17. The molecule has 1 atom stereocenters. The van der Waals surface area contributed by atoms with Gasteiger partial charge in [-0.05, 0) is 57.9 Å². The Bertz CT molecular complexity index is 199. The van der Waals surface area contributed by atoms with Gasteiger partial charge in [-0.2, -0.15) is 0 Å². The van der Waals surface area contributed by atoms with Crippen LogP contribution in [0.15, 0.2) is 0 Å². The van der Waals surface area contributed by atoms with E-state index in [1.165, 1.54) is 19.3 Å². The SMILES string of the molecule is CC(C)(C)NCCC(C)(C)C1CCCOC1. The van der Waals surface area contributed by atoms with Crippen molar-refractivity contribution in [1.82, 2.24) is 5.32 Å². The predicted octanol–water partition coefficient (Wildman–Crippen LogP) is 3.22. The zero-order chi connectivity index (χ0) is 12.2. The number of hydrogen-bond donors (Lipinski definition) is 1. The topological polar surface area (TPSA) is 21.3 Å². The van der Waals surface area contributed by atoms with Crippen LogP contribution in [-0.2, 0) is 4.74 Å². The van der Waals surface area contributed by atoms with E-state index in [1.54, 1.807) is 0 Å². The molecule has 0 aromatic heterocycles. The molecule has 0 spiro atoms. The Morgan fingerprint density at radius 2 is 1.88 bits per heavy atom. The molecule has 1 saturated heterocycles. The molecule has 0 aliphatic carbocycles. The molecule has 1 unspecified atom stereocenters. The Kier molecular flexibility index (Phi) is 4.81. The van der Waals surface area contributed by atoms with Gasteiger partial charge in [0, 0.05) is 18.8 Å². The molecule has 0 amide bonds. The number of ether oxygens (including phenoxy) is 1. The van der Waals surface area contributed by atoms with Crippen molar-refractivity contribution in [2.75, 3.05) is 19.8 Å². The molecule has 0 saturated carbocycles. The van der Waals surface area contributed by atoms with Crippen molar-refractivity contribution in [2.45, 2.75) is 59.4 Å². The van der Waals surface area contributed by atoms with Gasteiger partial charge in [0.25, 0.3) is 0 Å². The highest BCUT2D eigenvalue weighted by molar-refractivity contribution is 4.82. The molecule has 0 aromatic rings. The first-order chi connectivity index (χ1) is 7.31. The fraction of sp³-hybridized carbons (Fsp3) is 1.00. The van der Waals surface area contributed by atoms with Crippen LogP contribution in [0.25, 0.3) is 0 Å². The summed E-state index contributed by atoms with van der Waals surface area (Å²) in [5.41, 5.74) is 0.637. The Labute approximate surface area is 101 Å². The van der Waals surface area contributed by atoms with Gasteiger partial charge in [-0.1, -0.05) is 13.8 Å². The molecule has 1 N–H and O–H groups in total. The number of hydrogen-bond acceptors (Lipinski definition) is 2. The Hall–Kier alpha value is -0.0800. The maximum atomic E-state index is 5.60. The largest absolute Gasteiger partial charge is 0.381 e. The first-order valence-electron chi connectivity index (χ1n) is 6.64. The standard InChI is InChI=1S/C14H29NO/c1-13(2,3)15-9-8-14(4,5)12-7-6-10-16-11-12/h12,15H,6-11H2,1-5H3. The highest BCUT2D eigenvalue weighted by Gasteiger charge is 2.30. The molecular weight excluding hydrogens is 198 g/mol. The maximum absolute atomic E-state index is 5.60. The summed E-state index contributed by atoms with van der Waals surface area (Å²) in [6, 6.07) is 0. The first kappa shape index (κ1) is 14.0. The second-order valence-corrected chi connectivity index (χ2v) is 6.83. The van der Waals surface area contributed by atoms with Gasteiger partial charge in [0.15, 0.2) is 0 Å². The highest BCUT2D eigenvalue weighted by Crippen LogP contribution is 2.35. The fourth-order valence-corrected chi connectivity index (χ4v) is 2.32. The molecule has 1 fully saturated rings. The van der Waals surface area contributed by atoms with Gasteiger partial charge in [-0.3, -0.25) is 0 Å². The normalized spacial score (nSPS) is 23.4. The van der Waals surface area contributed by atoms with E-state index < -0.39 is 0 Å². The van der Waals surface area contributed by atoms with E-state index in [1.807, 2.05) is 0 Å². The van der Waals surface area contributed by atoms with E-state index in [4.69, 9.17) is 4.74 Å². The van der Waals surface area contributed by atoms with E-state index in [2.05, 4.69) is 39.9 Å². The minimum Gasteiger partial charge on any atom is -0.381 e. The molecule has 1 rings (SSSR count). The van der Waals surface area contributed by atoms with Crippen molar-refractivity contribution < 1.29 is 4.74 Å². The van der Waals surface area contributed by atoms with Crippen LogP contribution in [0.4, 0.5) is 0 Å². The smallest absolute Gasteiger partial charge is 0.0499 e. The van der Waals surface area contributed by atoms with Crippen molar-refractivity contribution >= 4 is 0 Å². The molecule has 1 aliphatic heterocycles. The van der Waals surface area contributed by atoms with Crippen molar-refractivity contribution in [1.29, 1.82) is 0 Å². The van der Waals surface area contributed by atoms with Crippen molar-refractivity contribution in [3.05, 3.63) is 0 Å². The zero-order valence-corrected chi connectivity index (χ0v) is 11.7. The molecule has 2 nitrogen and oxygen atoms in total. The van der Waals surface area contributed by atoms with E-state index >= 15 is 0 Å². The molecule has 0 bridgehead atoms. The molecular formula is C14H29NO. The second kappa shape index (κ2) is 5.50. The minimum absolute atomic E-state index is 0.235. The lowest BCUT2D eigenvalue weighted by molar-refractivity contribution is 0.000592. The summed E-state index contributed by atoms with van der Waals surface area (Å²) in [5, 5.41) is 3.58. The van der Waals surface area contributed by atoms with E-state index in [-0.39, 0.29) is 5.54 Å². The summed E-state index contributed by atoms with van der Waals surface area (Å²) in [6.07, 6.45) is 3.81. The minimum atomic E-state index is 0.235. The van der Waals surface area contributed by atoms with Gasteiger partial charge < -0.3 is 10.1 Å². The average molecular weight is 227 g/mol. The van der Waals surface area contributed by atoms with Crippen LogP contribution in [0.3, 0.4) is 0 Å². The van der Waals surface area contributed by atoms with Crippen LogP contribution in [0.5, 0.6) is 0 Å². The Morgan fingerprint density at radius 3 is 2.38 bits per heavy atom. The zero-order valence-electron chi connectivity index (χ0n) is 11.7. The van der Waals surface area contributed by atoms with Crippen LogP contribution in [0.2, 0.25) is 0 Å². The summed E-state index contributed by atoms with van der Waals surface area (Å²) < 4.78 is 5.60. The van der Waals surface area contributed by atoms with Gasteiger partial charge in [0.05, 0.1) is 0 Å². The molecule has 0 aromatic carbocycles. The van der Waals surface area contributed by atoms with Crippen molar-refractivity contribution in [2.24, 2.45) is 11.3 Å². The van der Waals surface area contributed by atoms with Gasteiger partial charge in [-0.25, -0.2) is 0 Å². The lowest BCUT2D eigenvalue weighted by Gasteiger charge is -2.37. The van der Waals surface area contributed by atoms with Crippen LogP contribution in [0, 0.1) is 11.3 Å². The predicted molar refractivity (Wildman–Crippen MR) is 69.7 cm³/mol. The monoisotopic (exact) mass is 227 g/mol. The third-order valence-electron chi connectivity index (χ3n) is 3.69. The van der Waals surface area contributed by atoms with Crippen LogP contribution >= 0.6 is 0 Å². The third-order valence-corrected chi connectivity index (χ3v) is 3.69. The number of nitrogens with one attached hydrogen (secondary N) is 1. The van der Waals surface area contributed by atoms with Gasteiger partial charge >= 0.3 is 0 Å². The van der Waals surface area contributed by atoms with Crippen molar-refractivity contribution in [3.63, 3.8) is 0 Å². The van der Waals surface area contributed by atoms with Gasteiger partial charge in [0.1, 0.15) is 0 Å².